The molecule has 4 rings (SSSR count). The van der Waals surface area contributed by atoms with Crippen LogP contribution in [0.2, 0.25) is 0 Å². The molecule has 2 aromatic rings. The van der Waals surface area contributed by atoms with E-state index in [1.807, 2.05) is 36.4 Å². The molecule has 2 aromatic carbocycles. The van der Waals surface area contributed by atoms with E-state index in [2.05, 4.69) is 37.3 Å². The fraction of sp³-hybridized carbons (Fsp3) is 0.273. The maximum Gasteiger partial charge on any atom is 0.294 e. The molecule has 0 bridgehead atoms. The second-order valence-corrected chi connectivity index (χ2v) is 6.41. The van der Waals surface area contributed by atoms with Crippen molar-refractivity contribution in [3.63, 3.8) is 0 Å². The van der Waals surface area contributed by atoms with E-state index in [0.717, 1.165) is 35.5 Å². The van der Waals surface area contributed by atoms with Crippen molar-refractivity contribution in [2.45, 2.75) is 38.4 Å². The Morgan fingerprint density at radius 2 is 1.50 bits per heavy atom. The Morgan fingerprint density at radius 3 is 2.25 bits per heavy atom. The first-order chi connectivity index (χ1) is 11.8. The number of unbranched alkanes of at least 4 members (excludes halogenated alkanes) is 2. The van der Waals surface area contributed by atoms with Crippen molar-refractivity contribution in [1.29, 1.82) is 0 Å². The third-order valence-corrected chi connectivity index (χ3v) is 4.67. The molecule has 24 heavy (non-hydrogen) atoms. The standard InChI is InChI=1S/C22H22O2/c1-2-3-4-11-19-16-18-10-6-8-13-21(18)24-22(19)15-14-17-9-5-7-12-20(17)23-22/h5-10,12-16H,2-4,11H2,1H3. The van der Waals surface area contributed by atoms with Gasteiger partial charge < -0.3 is 9.47 Å². The predicted molar refractivity (Wildman–Crippen MR) is 98.0 cm³/mol. The zero-order valence-electron chi connectivity index (χ0n) is 14.0. The molecule has 2 aliphatic rings. The first kappa shape index (κ1) is 15.1. The van der Waals surface area contributed by atoms with Crippen molar-refractivity contribution in [1.82, 2.24) is 0 Å². The van der Waals surface area contributed by atoms with E-state index in [-0.39, 0.29) is 0 Å². The number of hydrogen-bond donors (Lipinski definition) is 0. The molecule has 0 aromatic heterocycles. The molecule has 2 nitrogen and oxygen atoms in total. The molecule has 1 unspecified atom stereocenters. The van der Waals surface area contributed by atoms with Gasteiger partial charge in [0.05, 0.1) is 0 Å². The lowest BCUT2D eigenvalue weighted by molar-refractivity contribution is -0.0439. The van der Waals surface area contributed by atoms with Crippen LogP contribution in [0.1, 0.15) is 43.7 Å². The Balaban J connectivity index is 1.74. The smallest absolute Gasteiger partial charge is 0.294 e. The van der Waals surface area contributed by atoms with Crippen LogP contribution in [0.5, 0.6) is 11.5 Å². The lowest BCUT2D eigenvalue weighted by Crippen LogP contribution is -2.45. The Kier molecular flexibility index (Phi) is 3.89. The molecule has 1 spiro atoms. The highest BCUT2D eigenvalue weighted by molar-refractivity contribution is 5.69. The molecule has 2 heteroatoms. The van der Waals surface area contributed by atoms with Crippen molar-refractivity contribution in [3.8, 4) is 11.5 Å². The minimum Gasteiger partial charge on any atom is -0.444 e. The number of hydrogen-bond acceptors (Lipinski definition) is 2. The third-order valence-electron chi connectivity index (χ3n) is 4.67. The molecule has 0 saturated carbocycles. The topological polar surface area (TPSA) is 18.5 Å². The maximum atomic E-state index is 6.38. The average Bonchev–Trinajstić information content (AvgIpc) is 2.62. The number of benzene rings is 2. The molecule has 0 saturated heterocycles. The van der Waals surface area contributed by atoms with Crippen molar-refractivity contribution in [3.05, 3.63) is 71.3 Å². The van der Waals surface area contributed by atoms with E-state index < -0.39 is 5.79 Å². The summed E-state index contributed by atoms with van der Waals surface area (Å²) in [6.07, 6.45) is 11.0. The van der Waals surface area contributed by atoms with E-state index in [1.165, 1.54) is 18.4 Å². The second kappa shape index (κ2) is 6.20. The van der Waals surface area contributed by atoms with Crippen molar-refractivity contribution < 1.29 is 9.47 Å². The van der Waals surface area contributed by atoms with Gasteiger partial charge in [-0.05, 0) is 37.1 Å². The first-order valence-corrected chi connectivity index (χ1v) is 8.77. The minimum absolute atomic E-state index is 0.809. The number of para-hydroxylation sites is 2. The Bertz CT molecular complexity index is 799. The largest absolute Gasteiger partial charge is 0.444 e. The molecule has 0 amide bonds. The average molecular weight is 318 g/mol. The van der Waals surface area contributed by atoms with E-state index >= 15 is 0 Å². The lowest BCUT2D eigenvalue weighted by Gasteiger charge is -2.39. The van der Waals surface area contributed by atoms with Crippen LogP contribution in [-0.2, 0) is 0 Å². The summed E-state index contributed by atoms with van der Waals surface area (Å²) < 4.78 is 12.8. The zero-order chi connectivity index (χ0) is 16.4. The molecule has 0 aliphatic carbocycles. The summed E-state index contributed by atoms with van der Waals surface area (Å²) >= 11 is 0. The molecule has 0 fully saturated rings. The van der Waals surface area contributed by atoms with Gasteiger partial charge in [0.1, 0.15) is 11.5 Å². The van der Waals surface area contributed by atoms with Crippen LogP contribution in [0.3, 0.4) is 0 Å². The van der Waals surface area contributed by atoms with Crippen LogP contribution in [0.25, 0.3) is 12.2 Å². The van der Waals surface area contributed by atoms with Gasteiger partial charge in [-0.2, -0.15) is 0 Å². The first-order valence-electron chi connectivity index (χ1n) is 8.77. The van der Waals surface area contributed by atoms with Gasteiger partial charge >= 0.3 is 0 Å². The molecule has 0 N–H and O–H groups in total. The van der Waals surface area contributed by atoms with E-state index in [4.69, 9.17) is 9.47 Å². The zero-order valence-corrected chi connectivity index (χ0v) is 14.0. The summed E-state index contributed by atoms with van der Waals surface area (Å²) in [5.74, 6) is 0.942. The maximum absolute atomic E-state index is 6.38. The fourth-order valence-corrected chi connectivity index (χ4v) is 3.36. The summed E-state index contributed by atoms with van der Waals surface area (Å²) in [6.45, 7) is 2.23. The Morgan fingerprint density at radius 1 is 0.833 bits per heavy atom. The second-order valence-electron chi connectivity index (χ2n) is 6.41. The van der Waals surface area contributed by atoms with Gasteiger partial charge in [-0.15, -0.1) is 0 Å². The normalized spacial score (nSPS) is 20.6. The van der Waals surface area contributed by atoms with Gasteiger partial charge in [-0.1, -0.05) is 56.2 Å². The van der Waals surface area contributed by atoms with Crippen molar-refractivity contribution in [2.75, 3.05) is 0 Å². The number of ether oxygens (including phenoxy) is 2. The molecule has 122 valence electrons. The van der Waals surface area contributed by atoms with Gasteiger partial charge in [0.2, 0.25) is 0 Å². The lowest BCUT2D eigenvalue weighted by atomic mass is 9.91. The predicted octanol–water partition coefficient (Wildman–Crippen LogP) is 5.84. The molecule has 0 radical (unpaired) electrons. The summed E-state index contributed by atoms with van der Waals surface area (Å²) in [4.78, 5) is 0. The number of rotatable bonds is 4. The van der Waals surface area contributed by atoms with Crippen LogP contribution in [0.4, 0.5) is 0 Å². The third kappa shape index (κ3) is 2.62. The van der Waals surface area contributed by atoms with E-state index in [1.54, 1.807) is 0 Å². The summed E-state index contributed by atoms with van der Waals surface area (Å²) in [5, 5.41) is 0. The Labute approximate surface area is 143 Å². The number of fused-ring (bicyclic) bond motifs is 2. The van der Waals surface area contributed by atoms with Gasteiger partial charge in [-0.3, -0.25) is 0 Å². The van der Waals surface area contributed by atoms with Crippen LogP contribution in [-0.4, -0.2) is 5.79 Å². The molecular weight excluding hydrogens is 296 g/mol. The summed E-state index contributed by atoms with van der Waals surface area (Å²) in [7, 11) is 0. The van der Waals surface area contributed by atoms with Crippen LogP contribution < -0.4 is 9.47 Å². The Hall–Kier alpha value is -2.48. The van der Waals surface area contributed by atoms with Crippen molar-refractivity contribution >= 4 is 12.2 Å². The monoisotopic (exact) mass is 318 g/mol. The molecular formula is C22H22O2. The molecule has 1 atom stereocenters. The molecule has 2 aliphatic heterocycles. The van der Waals surface area contributed by atoms with Crippen LogP contribution in [0.15, 0.2) is 60.2 Å². The van der Waals surface area contributed by atoms with Crippen LogP contribution in [0, 0.1) is 0 Å². The highest BCUT2D eigenvalue weighted by Crippen LogP contribution is 2.43. The van der Waals surface area contributed by atoms with E-state index in [0.29, 0.717) is 0 Å². The van der Waals surface area contributed by atoms with Gasteiger partial charge in [0.25, 0.3) is 5.79 Å². The minimum atomic E-state index is -0.809. The van der Waals surface area contributed by atoms with E-state index in [9.17, 15) is 0 Å². The van der Waals surface area contributed by atoms with Crippen LogP contribution >= 0.6 is 0 Å². The highest BCUT2D eigenvalue weighted by Gasteiger charge is 2.41. The summed E-state index contributed by atoms with van der Waals surface area (Å²) in [6, 6.07) is 16.3. The van der Waals surface area contributed by atoms with Gasteiger partial charge in [0.15, 0.2) is 0 Å². The highest BCUT2D eigenvalue weighted by atomic mass is 16.7. The fourth-order valence-electron chi connectivity index (χ4n) is 3.36. The van der Waals surface area contributed by atoms with Gasteiger partial charge in [-0.25, -0.2) is 0 Å². The molecule has 2 heterocycles. The van der Waals surface area contributed by atoms with Gasteiger partial charge in [0, 0.05) is 22.8 Å². The summed E-state index contributed by atoms with van der Waals surface area (Å²) in [5.41, 5.74) is 3.42. The quantitative estimate of drug-likeness (QED) is 0.659. The SMILES string of the molecule is CCCCCC1=Cc2ccccc2OC12C=Cc1ccccc1O2. The van der Waals surface area contributed by atoms with Crippen molar-refractivity contribution in [2.24, 2.45) is 0 Å².